The smallest absolute Gasteiger partial charge is 0.337 e. The summed E-state index contributed by atoms with van der Waals surface area (Å²) < 4.78 is 1.77. The molecule has 0 aromatic carbocycles. The first-order valence-electron chi connectivity index (χ1n) is 8.01. The lowest BCUT2D eigenvalue weighted by Crippen LogP contribution is -2.27. The lowest BCUT2D eigenvalue weighted by Gasteiger charge is -2.23. The molecule has 7 nitrogen and oxygen atoms in total. The van der Waals surface area contributed by atoms with Crippen LogP contribution in [0.3, 0.4) is 0 Å². The lowest BCUT2D eigenvalue weighted by atomic mass is 9.92. The van der Waals surface area contributed by atoms with Gasteiger partial charge in [0, 0.05) is 17.7 Å². The van der Waals surface area contributed by atoms with Gasteiger partial charge in [0.25, 0.3) is 5.91 Å². The van der Waals surface area contributed by atoms with Crippen LogP contribution in [0.5, 0.6) is 0 Å². The summed E-state index contributed by atoms with van der Waals surface area (Å²) in [6, 6.07) is 4.60. The summed E-state index contributed by atoms with van der Waals surface area (Å²) in [7, 11) is 0. The predicted octanol–water partition coefficient (Wildman–Crippen LogP) is 3.28. The summed E-state index contributed by atoms with van der Waals surface area (Å²) in [5.74, 6) is -0.922. The zero-order chi connectivity index (χ0) is 19.0. The number of hydrogen-bond acceptors (Lipinski definition) is 4. The van der Waals surface area contributed by atoms with Gasteiger partial charge in [-0.15, -0.1) is 0 Å². The number of amides is 1. The van der Waals surface area contributed by atoms with Crippen molar-refractivity contribution in [2.45, 2.75) is 52.5 Å². The molecule has 0 spiro atoms. The average molecular weight is 344 g/mol. The Hall–Kier alpha value is -2.70. The molecule has 2 aromatic rings. The highest BCUT2D eigenvalue weighted by Gasteiger charge is 2.26. The van der Waals surface area contributed by atoms with Gasteiger partial charge in [-0.3, -0.25) is 9.78 Å². The zero-order valence-electron chi connectivity index (χ0n) is 15.4. The summed E-state index contributed by atoms with van der Waals surface area (Å²) in [6.07, 6.45) is 1.17. The number of rotatable bonds is 3. The lowest BCUT2D eigenvalue weighted by molar-refractivity contribution is 0.0695. The Balaban J connectivity index is 2.33. The van der Waals surface area contributed by atoms with Gasteiger partial charge < -0.3 is 10.4 Å². The van der Waals surface area contributed by atoms with Crippen molar-refractivity contribution in [3.63, 3.8) is 0 Å². The first kappa shape index (κ1) is 18.6. The van der Waals surface area contributed by atoms with Gasteiger partial charge in [-0.25, -0.2) is 9.48 Å². The Morgan fingerprint density at radius 1 is 1.12 bits per heavy atom. The number of aromatic carboxylic acids is 1. The third-order valence-corrected chi connectivity index (χ3v) is 3.60. The van der Waals surface area contributed by atoms with Crippen LogP contribution in [0.4, 0.5) is 5.82 Å². The zero-order valence-corrected chi connectivity index (χ0v) is 15.4. The Bertz CT molecular complexity index is 793. The molecular formula is C18H24N4O3. The van der Waals surface area contributed by atoms with E-state index >= 15 is 0 Å². The van der Waals surface area contributed by atoms with Gasteiger partial charge in [0.1, 0.15) is 11.5 Å². The number of carboxylic acid groups (broad SMARTS) is 1. The van der Waals surface area contributed by atoms with Crippen LogP contribution in [-0.4, -0.2) is 31.7 Å². The van der Waals surface area contributed by atoms with Crippen molar-refractivity contribution >= 4 is 17.7 Å². The molecule has 0 saturated carbocycles. The Labute approximate surface area is 147 Å². The summed E-state index contributed by atoms with van der Waals surface area (Å²) in [5.41, 5.74) is 0.576. The van der Waals surface area contributed by atoms with Crippen LogP contribution < -0.4 is 5.32 Å². The molecule has 134 valence electrons. The molecule has 7 heteroatoms. The van der Waals surface area contributed by atoms with Crippen molar-refractivity contribution < 1.29 is 14.7 Å². The number of pyridine rings is 1. The van der Waals surface area contributed by atoms with E-state index in [1.807, 2.05) is 26.8 Å². The molecule has 0 radical (unpaired) electrons. The van der Waals surface area contributed by atoms with Gasteiger partial charge in [0.05, 0.1) is 16.8 Å². The molecule has 0 aliphatic heterocycles. The van der Waals surface area contributed by atoms with E-state index in [0.29, 0.717) is 5.82 Å². The molecule has 2 rings (SSSR count). The third-order valence-electron chi connectivity index (χ3n) is 3.60. The highest BCUT2D eigenvalue weighted by atomic mass is 16.4. The van der Waals surface area contributed by atoms with E-state index in [-0.39, 0.29) is 22.2 Å². The molecule has 0 saturated heterocycles. The first-order valence-corrected chi connectivity index (χ1v) is 8.01. The van der Waals surface area contributed by atoms with Crippen molar-refractivity contribution in [1.82, 2.24) is 14.8 Å². The number of aromatic nitrogens is 3. The SMILES string of the molecule is CC(C)(C)c1cc(NC(=O)c2ccc(C(=O)O)cn2)n(C(C)(C)C)n1. The fourth-order valence-corrected chi connectivity index (χ4v) is 2.18. The highest BCUT2D eigenvalue weighted by Crippen LogP contribution is 2.28. The van der Waals surface area contributed by atoms with Crippen molar-refractivity contribution in [2.24, 2.45) is 0 Å². The van der Waals surface area contributed by atoms with Crippen LogP contribution >= 0.6 is 0 Å². The number of nitrogens with zero attached hydrogens (tertiary/aromatic N) is 3. The normalized spacial score (nSPS) is 12.1. The van der Waals surface area contributed by atoms with Crippen LogP contribution in [0.25, 0.3) is 0 Å². The topological polar surface area (TPSA) is 97.1 Å². The monoisotopic (exact) mass is 344 g/mol. The summed E-state index contributed by atoms with van der Waals surface area (Å²) in [5, 5.41) is 16.4. The molecule has 25 heavy (non-hydrogen) atoms. The molecule has 1 amide bonds. The number of carbonyl (C=O) groups excluding carboxylic acids is 1. The van der Waals surface area contributed by atoms with Crippen molar-refractivity contribution in [2.75, 3.05) is 5.32 Å². The maximum atomic E-state index is 12.5. The maximum Gasteiger partial charge on any atom is 0.337 e. The van der Waals surface area contributed by atoms with Gasteiger partial charge in [0.2, 0.25) is 0 Å². The van der Waals surface area contributed by atoms with Gasteiger partial charge in [-0.1, -0.05) is 20.8 Å². The molecule has 0 unspecified atom stereocenters. The first-order chi connectivity index (χ1) is 11.4. The van der Waals surface area contributed by atoms with Crippen LogP contribution in [0, 0.1) is 0 Å². The molecule has 2 N–H and O–H groups in total. The van der Waals surface area contributed by atoms with Gasteiger partial charge in [-0.05, 0) is 32.9 Å². The van der Waals surface area contributed by atoms with Crippen LogP contribution in [0.2, 0.25) is 0 Å². The number of anilines is 1. The van der Waals surface area contributed by atoms with E-state index in [1.165, 1.54) is 18.3 Å². The largest absolute Gasteiger partial charge is 0.478 e. The molecule has 0 bridgehead atoms. The van der Waals surface area contributed by atoms with E-state index in [4.69, 9.17) is 5.11 Å². The van der Waals surface area contributed by atoms with E-state index in [9.17, 15) is 9.59 Å². The Kier molecular flexibility index (Phi) is 4.70. The number of carbonyl (C=O) groups is 2. The summed E-state index contributed by atoms with van der Waals surface area (Å²) in [4.78, 5) is 27.3. The van der Waals surface area contributed by atoms with Gasteiger partial charge in [0.15, 0.2) is 0 Å². The van der Waals surface area contributed by atoms with Crippen LogP contribution in [0.15, 0.2) is 24.4 Å². The maximum absolute atomic E-state index is 12.5. The third kappa shape index (κ3) is 4.23. The second-order valence-electron chi connectivity index (χ2n) is 7.94. The van der Waals surface area contributed by atoms with Crippen LogP contribution in [0.1, 0.15) is 68.1 Å². The minimum Gasteiger partial charge on any atom is -0.478 e. The minimum absolute atomic E-state index is 0.0336. The van der Waals surface area contributed by atoms with E-state index in [1.54, 1.807) is 4.68 Å². The molecule has 2 heterocycles. The van der Waals surface area contributed by atoms with Crippen LogP contribution in [-0.2, 0) is 11.0 Å². The van der Waals surface area contributed by atoms with E-state index in [0.717, 1.165) is 5.69 Å². The average Bonchev–Trinajstić information content (AvgIpc) is 2.91. The molecule has 0 aliphatic carbocycles. The van der Waals surface area contributed by atoms with Crippen molar-refractivity contribution in [3.8, 4) is 0 Å². The van der Waals surface area contributed by atoms with Crippen molar-refractivity contribution in [3.05, 3.63) is 41.3 Å². The molecular weight excluding hydrogens is 320 g/mol. The van der Waals surface area contributed by atoms with Gasteiger partial charge >= 0.3 is 5.97 Å². The fourth-order valence-electron chi connectivity index (χ4n) is 2.18. The molecule has 0 fully saturated rings. The number of hydrogen-bond donors (Lipinski definition) is 2. The molecule has 0 atom stereocenters. The fraction of sp³-hybridized carbons (Fsp3) is 0.444. The molecule has 2 aromatic heterocycles. The second-order valence-corrected chi connectivity index (χ2v) is 7.94. The quantitative estimate of drug-likeness (QED) is 0.890. The highest BCUT2D eigenvalue weighted by molar-refractivity contribution is 6.02. The Morgan fingerprint density at radius 3 is 2.20 bits per heavy atom. The number of carboxylic acids is 1. The standard InChI is InChI=1S/C18H24N4O3/c1-17(2,3)13-9-14(22(21-13)18(4,5)6)20-15(23)12-8-7-11(10-19-12)16(24)25/h7-10H,1-6H3,(H,20,23)(H,24,25). The summed E-state index contributed by atoms with van der Waals surface area (Å²) in [6.45, 7) is 12.2. The summed E-state index contributed by atoms with van der Waals surface area (Å²) >= 11 is 0. The second kappa shape index (κ2) is 6.31. The Morgan fingerprint density at radius 2 is 1.76 bits per heavy atom. The van der Waals surface area contributed by atoms with Gasteiger partial charge in [-0.2, -0.15) is 5.10 Å². The molecule has 0 aliphatic rings. The van der Waals surface area contributed by atoms with Crippen molar-refractivity contribution in [1.29, 1.82) is 0 Å². The number of nitrogens with one attached hydrogen (secondary N) is 1. The minimum atomic E-state index is -1.08. The van der Waals surface area contributed by atoms with E-state index < -0.39 is 11.9 Å². The predicted molar refractivity (Wildman–Crippen MR) is 95.1 cm³/mol. The van der Waals surface area contributed by atoms with E-state index in [2.05, 4.69) is 36.2 Å².